The Hall–Kier alpha value is -2.57. The number of carbonyl (C=O) groups excluding carboxylic acids is 2. The van der Waals surface area contributed by atoms with E-state index in [0.29, 0.717) is 22.8 Å². The van der Waals surface area contributed by atoms with E-state index < -0.39 is 23.6 Å². The third-order valence-electron chi connectivity index (χ3n) is 4.83. The number of Topliss-reactive ketones (excluding diaryl/α,β-unsaturated/α-hetero) is 1. The lowest BCUT2D eigenvalue weighted by atomic mass is 9.91. The molecule has 29 heavy (non-hydrogen) atoms. The molecule has 0 spiro atoms. The fraction of sp³-hybridized carbons (Fsp3) is 0.286. The minimum Gasteiger partial charge on any atom is -0.503 e. The van der Waals surface area contributed by atoms with Gasteiger partial charge in [-0.2, -0.15) is 0 Å². The number of aromatic nitrogens is 1. The molecule has 0 fully saturated rings. The van der Waals surface area contributed by atoms with Crippen LogP contribution >= 0.6 is 23.2 Å². The average Bonchev–Trinajstić information content (AvgIpc) is 2.95. The zero-order valence-corrected chi connectivity index (χ0v) is 17.7. The number of anilines is 1. The molecule has 1 aromatic carbocycles. The van der Waals surface area contributed by atoms with Crippen LogP contribution in [0.1, 0.15) is 32.4 Å². The SMILES string of the molecule is CCn1cc(N2C(=O)C(O)=C(C(=O)C(C)C)C2c2ccc(Cl)cc2)cc(Cl)c1=O. The van der Waals surface area contributed by atoms with Crippen molar-refractivity contribution in [3.8, 4) is 0 Å². The van der Waals surface area contributed by atoms with E-state index in [9.17, 15) is 19.5 Å². The Morgan fingerprint density at radius 1 is 1.17 bits per heavy atom. The summed E-state index contributed by atoms with van der Waals surface area (Å²) in [7, 11) is 0. The van der Waals surface area contributed by atoms with Gasteiger partial charge in [-0.15, -0.1) is 0 Å². The third kappa shape index (κ3) is 3.70. The molecule has 0 bridgehead atoms. The number of benzene rings is 1. The van der Waals surface area contributed by atoms with Crippen LogP contribution in [0.4, 0.5) is 5.69 Å². The Morgan fingerprint density at radius 3 is 2.34 bits per heavy atom. The van der Waals surface area contributed by atoms with Crippen molar-refractivity contribution in [2.45, 2.75) is 33.4 Å². The van der Waals surface area contributed by atoms with Gasteiger partial charge in [-0.25, -0.2) is 0 Å². The van der Waals surface area contributed by atoms with E-state index in [-0.39, 0.29) is 21.9 Å². The van der Waals surface area contributed by atoms with Gasteiger partial charge in [0.05, 0.1) is 17.3 Å². The lowest BCUT2D eigenvalue weighted by Gasteiger charge is -2.28. The fourth-order valence-corrected chi connectivity index (χ4v) is 3.69. The smallest absolute Gasteiger partial charge is 0.294 e. The Bertz CT molecular complexity index is 1070. The molecular formula is C21H20Cl2N2O4. The largest absolute Gasteiger partial charge is 0.503 e. The number of amides is 1. The minimum absolute atomic E-state index is 0.0118. The predicted octanol–water partition coefficient (Wildman–Crippen LogP) is 4.30. The van der Waals surface area contributed by atoms with Crippen LogP contribution in [0.2, 0.25) is 10.0 Å². The van der Waals surface area contributed by atoms with Crippen molar-refractivity contribution in [3.63, 3.8) is 0 Å². The molecule has 1 N–H and O–H groups in total. The van der Waals surface area contributed by atoms with Crippen LogP contribution < -0.4 is 10.5 Å². The highest BCUT2D eigenvalue weighted by Crippen LogP contribution is 2.42. The Balaban J connectivity index is 2.24. The highest BCUT2D eigenvalue weighted by molar-refractivity contribution is 6.31. The number of ketones is 1. The van der Waals surface area contributed by atoms with Gasteiger partial charge in [0.2, 0.25) is 0 Å². The second kappa shape index (κ2) is 8.05. The van der Waals surface area contributed by atoms with Crippen LogP contribution in [0, 0.1) is 5.92 Å². The zero-order chi connectivity index (χ0) is 21.5. The van der Waals surface area contributed by atoms with E-state index in [1.165, 1.54) is 21.7 Å². The van der Waals surface area contributed by atoms with E-state index in [1.807, 2.05) is 0 Å². The maximum Gasteiger partial charge on any atom is 0.294 e. The Labute approximate surface area is 178 Å². The van der Waals surface area contributed by atoms with Crippen molar-refractivity contribution in [1.29, 1.82) is 0 Å². The van der Waals surface area contributed by atoms with Crippen LogP contribution in [-0.4, -0.2) is 21.4 Å². The molecule has 1 aromatic heterocycles. The van der Waals surface area contributed by atoms with Crippen molar-refractivity contribution in [1.82, 2.24) is 4.57 Å². The maximum absolute atomic E-state index is 13.0. The second-order valence-electron chi connectivity index (χ2n) is 7.05. The van der Waals surface area contributed by atoms with Crippen LogP contribution in [0.3, 0.4) is 0 Å². The Morgan fingerprint density at radius 2 is 1.79 bits per heavy atom. The predicted molar refractivity (Wildman–Crippen MR) is 113 cm³/mol. The number of hydrogen-bond donors (Lipinski definition) is 1. The lowest BCUT2D eigenvalue weighted by Crippen LogP contribution is -2.33. The van der Waals surface area contributed by atoms with Crippen LogP contribution in [0.15, 0.2) is 52.7 Å². The summed E-state index contributed by atoms with van der Waals surface area (Å²) in [6, 6.07) is 7.17. The molecule has 0 aliphatic carbocycles. The number of hydrogen-bond acceptors (Lipinski definition) is 4. The van der Waals surface area contributed by atoms with Gasteiger partial charge < -0.3 is 9.67 Å². The van der Waals surface area contributed by atoms with E-state index in [0.717, 1.165) is 0 Å². The average molecular weight is 435 g/mol. The van der Waals surface area contributed by atoms with Gasteiger partial charge in [-0.3, -0.25) is 19.3 Å². The number of halogens is 2. The van der Waals surface area contributed by atoms with Crippen LogP contribution in [0.5, 0.6) is 0 Å². The quantitative estimate of drug-likeness (QED) is 0.760. The van der Waals surface area contributed by atoms with Crippen molar-refractivity contribution >= 4 is 40.6 Å². The van der Waals surface area contributed by atoms with Gasteiger partial charge in [0.1, 0.15) is 5.02 Å². The molecule has 0 saturated carbocycles. The number of aliphatic hydroxyl groups is 1. The number of carbonyl (C=O) groups is 2. The lowest BCUT2D eigenvalue weighted by molar-refractivity contribution is -0.119. The number of rotatable bonds is 5. The molecule has 6 nitrogen and oxygen atoms in total. The van der Waals surface area contributed by atoms with Crippen molar-refractivity contribution in [2.75, 3.05) is 4.90 Å². The molecule has 1 aliphatic rings. The Kier molecular flexibility index (Phi) is 5.87. The number of pyridine rings is 1. The summed E-state index contributed by atoms with van der Waals surface area (Å²) >= 11 is 12.1. The molecular weight excluding hydrogens is 415 g/mol. The summed E-state index contributed by atoms with van der Waals surface area (Å²) in [6.07, 6.45) is 1.49. The molecule has 152 valence electrons. The fourth-order valence-electron chi connectivity index (χ4n) is 3.35. The molecule has 1 amide bonds. The minimum atomic E-state index is -0.867. The number of nitrogens with zero attached hydrogens (tertiary/aromatic N) is 2. The van der Waals surface area contributed by atoms with Crippen LogP contribution in [-0.2, 0) is 16.1 Å². The summed E-state index contributed by atoms with van der Waals surface area (Å²) in [4.78, 5) is 39.3. The standard InChI is InChI=1S/C21H20Cl2N2O4/c1-4-24-10-14(9-15(23)20(24)28)25-17(12-5-7-13(22)8-6-12)16(18(26)11(2)3)19(27)21(25)29/h5-11,17,27H,4H2,1-3H3. The summed E-state index contributed by atoms with van der Waals surface area (Å²) in [6.45, 7) is 5.51. The summed E-state index contributed by atoms with van der Waals surface area (Å²) < 4.78 is 1.36. The normalized spacial score (nSPS) is 16.8. The zero-order valence-electron chi connectivity index (χ0n) is 16.1. The van der Waals surface area contributed by atoms with E-state index >= 15 is 0 Å². The second-order valence-corrected chi connectivity index (χ2v) is 7.89. The third-order valence-corrected chi connectivity index (χ3v) is 5.35. The van der Waals surface area contributed by atoms with Gasteiger partial charge in [0.25, 0.3) is 11.5 Å². The molecule has 1 atom stereocenters. The van der Waals surface area contributed by atoms with Gasteiger partial charge in [-0.05, 0) is 30.7 Å². The van der Waals surface area contributed by atoms with E-state index in [2.05, 4.69) is 0 Å². The number of aliphatic hydroxyl groups excluding tert-OH is 1. The topological polar surface area (TPSA) is 79.6 Å². The van der Waals surface area contributed by atoms with Crippen molar-refractivity contribution in [3.05, 3.63) is 73.8 Å². The first kappa shape index (κ1) is 21.1. The van der Waals surface area contributed by atoms with Gasteiger partial charge in [0.15, 0.2) is 11.5 Å². The first-order valence-electron chi connectivity index (χ1n) is 9.13. The molecule has 2 aromatic rings. The maximum atomic E-state index is 13.0. The summed E-state index contributed by atoms with van der Waals surface area (Å²) in [5, 5.41) is 11.0. The monoisotopic (exact) mass is 434 g/mol. The van der Waals surface area contributed by atoms with Crippen LogP contribution in [0.25, 0.3) is 0 Å². The first-order valence-corrected chi connectivity index (χ1v) is 9.89. The van der Waals surface area contributed by atoms with E-state index in [1.54, 1.807) is 45.0 Å². The first-order chi connectivity index (χ1) is 13.7. The van der Waals surface area contributed by atoms with Gasteiger partial charge >= 0.3 is 0 Å². The van der Waals surface area contributed by atoms with Crippen molar-refractivity contribution in [2.24, 2.45) is 5.92 Å². The van der Waals surface area contributed by atoms with Gasteiger partial charge in [0, 0.05) is 23.7 Å². The molecule has 2 heterocycles. The van der Waals surface area contributed by atoms with E-state index in [4.69, 9.17) is 23.2 Å². The van der Waals surface area contributed by atoms with Gasteiger partial charge in [-0.1, -0.05) is 49.2 Å². The van der Waals surface area contributed by atoms with Crippen molar-refractivity contribution < 1.29 is 14.7 Å². The summed E-state index contributed by atoms with van der Waals surface area (Å²) in [5.41, 5.74) is 0.529. The molecule has 0 saturated heterocycles. The molecule has 3 rings (SSSR count). The highest BCUT2D eigenvalue weighted by atomic mass is 35.5. The molecule has 8 heteroatoms. The highest BCUT2D eigenvalue weighted by Gasteiger charge is 2.45. The molecule has 0 radical (unpaired) electrons. The summed E-state index contributed by atoms with van der Waals surface area (Å²) in [5.74, 6) is -2.10. The molecule has 1 aliphatic heterocycles. The molecule has 1 unspecified atom stereocenters. The number of aryl methyl sites for hydroxylation is 1.